The molecule has 3 aromatic rings. The SMILES string of the molecule is Nc1nnc(SCC(=O)N2Cc3ccccc3[C@@H](c3ccccc3)C2)s1. The second-order valence-electron chi connectivity index (χ2n) is 6.13. The van der Waals surface area contributed by atoms with Gasteiger partial charge in [-0.25, -0.2) is 0 Å². The minimum absolute atomic E-state index is 0.110. The van der Waals surface area contributed by atoms with Gasteiger partial charge in [-0.15, -0.1) is 10.2 Å². The highest BCUT2D eigenvalue weighted by Crippen LogP contribution is 2.34. The molecule has 7 heteroatoms. The van der Waals surface area contributed by atoms with Gasteiger partial charge >= 0.3 is 0 Å². The number of nitrogens with zero attached hydrogens (tertiary/aromatic N) is 3. The van der Waals surface area contributed by atoms with Crippen LogP contribution in [0.2, 0.25) is 0 Å². The molecule has 0 aliphatic carbocycles. The number of thioether (sulfide) groups is 1. The van der Waals surface area contributed by atoms with Crippen LogP contribution in [-0.2, 0) is 11.3 Å². The number of hydrogen-bond acceptors (Lipinski definition) is 6. The molecule has 0 radical (unpaired) electrons. The van der Waals surface area contributed by atoms with Crippen LogP contribution in [0.4, 0.5) is 5.13 Å². The number of amides is 1. The van der Waals surface area contributed by atoms with Crippen LogP contribution < -0.4 is 5.73 Å². The van der Waals surface area contributed by atoms with Gasteiger partial charge in [-0.2, -0.15) is 0 Å². The number of nitrogen functional groups attached to an aromatic ring is 1. The fourth-order valence-corrected chi connectivity index (χ4v) is 4.80. The van der Waals surface area contributed by atoms with Gasteiger partial charge in [-0.3, -0.25) is 4.79 Å². The molecule has 1 aliphatic heterocycles. The fourth-order valence-electron chi connectivity index (χ4n) is 3.26. The zero-order valence-electron chi connectivity index (χ0n) is 14.0. The predicted octanol–water partition coefficient (Wildman–Crippen LogP) is 3.39. The lowest BCUT2D eigenvalue weighted by Gasteiger charge is -2.35. The summed E-state index contributed by atoms with van der Waals surface area (Å²) in [7, 11) is 0. The first-order valence-electron chi connectivity index (χ1n) is 8.33. The van der Waals surface area contributed by atoms with E-state index in [1.807, 2.05) is 17.0 Å². The molecular formula is C19H18N4OS2. The summed E-state index contributed by atoms with van der Waals surface area (Å²) in [4.78, 5) is 14.7. The van der Waals surface area contributed by atoms with Crippen LogP contribution in [0.3, 0.4) is 0 Å². The van der Waals surface area contributed by atoms with Gasteiger partial charge in [0.25, 0.3) is 0 Å². The molecule has 1 amide bonds. The third-order valence-corrected chi connectivity index (χ3v) is 6.36. The maximum absolute atomic E-state index is 12.8. The van der Waals surface area contributed by atoms with E-state index in [-0.39, 0.29) is 11.8 Å². The van der Waals surface area contributed by atoms with Crippen LogP contribution in [0.1, 0.15) is 22.6 Å². The Hall–Kier alpha value is -2.38. The Morgan fingerprint density at radius 2 is 1.92 bits per heavy atom. The Morgan fingerprint density at radius 1 is 1.15 bits per heavy atom. The summed E-state index contributed by atoms with van der Waals surface area (Å²) in [6.07, 6.45) is 0. The summed E-state index contributed by atoms with van der Waals surface area (Å²) in [5.41, 5.74) is 9.36. The first kappa shape index (κ1) is 17.1. The second-order valence-corrected chi connectivity index (χ2v) is 8.36. The Labute approximate surface area is 160 Å². The molecule has 0 bridgehead atoms. The molecule has 0 saturated carbocycles. The molecule has 0 saturated heterocycles. The highest BCUT2D eigenvalue weighted by Gasteiger charge is 2.28. The molecule has 1 atom stereocenters. The summed E-state index contributed by atoms with van der Waals surface area (Å²) in [6, 6.07) is 18.8. The second kappa shape index (κ2) is 7.47. The number of hydrogen-bond donors (Lipinski definition) is 1. The van der Waals surface area contributed by atoms with Crippen molar-refractivity contribution in [1.82, 2.24) is 15.1 Å². The van der Waals surface area contributed by atoms with E-state index >= 15 is 0 Å². The van der Waals surface area contributed by atoms with Crippen LogP contribution in [0.25, 0.3) is 0 Å². The van der Waals surface area contributed by atoms with E-state index in [2.05, 4.69) is 52.7 Å². The maximum atomic E-state index is 12.8. The van der Waals surface area contributed by atoms with Gasteiger partial charge in [0.2, 0.25) is 11.0 Å². The van der Waals surface area contributed by atoms with Crippen molar-refractivity contribution in [2.45, 2.75) is 16.8 Å². The van der Waals surface area contributed by atoms with E-state index in [0.29, 0.717) is 24.0 Å². The fraction of sp³-hybridized carbons (Fsp3) is 0.211. The Kier molecular flexibility index (Phi) is 4.90. The Balaban J connectivity index is 1.54. The molecule has 26 heavy (non-hydrogen) atoms. The molecule has 132 valence electrons. The largest absolute Gasteiger partial charge is 0.374 e. The molecular weight excluding hydrogens is 364 g/mol. The third kappa shape index (κ3) is 3.59. The van der Waals surface area contributed by atoms with E-state index in [9.17, 15) is 4.79 Å². The van der Waals surface area contributed by atoms with E-state index in [1.165, 1.54) is 39.8 Å². The van der Waals surface area contributed by atoms with E-state index in [4.69, 9.17) is 5.73 Å². The lowest BCUT2D eigenvalue weighted by Crippen LogP contribution is -2.39. The van der Waals surface area contributed by atoms with Gasteiger partial charge in [0, 0.05) is 19.0 Å². The minimum atomic E-state index is 0.110. The van der Waals surface area contributed by atoms with E-state index in [1.54, 1.807) is 0 Å². The topological polar surface area (TPSA) is 72.1 Å². The van der Waals surface area contributed by atoms with Crippen LogP contribution in [0, 0.1) is 0 Å². The molecule has 5 nitrogen and oxygen atoms in total. The molecule has 4 rings (SSSR count). The number of rotatable bonds is 4. The number of aromatic nitrogens is 2. The number of nitrogens with two attached hydrogens (primary N) is 1. The summed E-state index contributed by atoms with van der Waals surface area (Å²) >= 11 is 2.71. The quantitative estimate of drug-likeness (QED) is 0.700. The normalized spacial score (nSPS) is 16.3. The molecule has 0 fully saturated rings. The van der Waals surface area contributed by atoms with Crippen molar-refractivity contribution >= 4 is 34.1 Å². The molecule has 2 N–H and O–H groups in total. The van der Waals surface area contributed by atoms with Crippen molar-refractivity contribution in [2.24, 2.45) is 0 Å². The van der Waals surface area contributed by atoms with Crippen molar-refractivity contribution in [1.29, 1.82) is 0 Å². The van der Waals surface area contributed by atoms with Gasteiger partial charge in [0.1, 0.15) is 0 Å². The molecule has 2 aromatic carbocycles. The van der Waals surface area contributed by atoms with E-state index < -0.39 is 0 Å². The number of fused-ring (bicyclic) bond motifs is 1. The smallest absolute Gasteiger partial charge is 0.233 e. The zero-order valence-corrected chi connectivity index (χ0v) is 15.7. The third-order valence-electron chi connectivity index (χ3n) is 4.49. The van der Waals surface area contributed by atoms with Crippen LogP contribution in [-0.4, -0.2) is 33.3 Å². The van der Waals surface area contributed by atoms with Crippen molar-refractivity contribution in [3.8, 4) is 0 Å². The first-order valence-corrected chi connectivity index (χ1v) is 10.1. The Morgan fingerprint density at radius 3 is 2.69 bits per heavy atom. The average Bonchev–Trinajstić information content (AvgIpc) is 3.11. The summed E-state index contributed by atoms with van der Waals surface area (Å²) < 4.78 is 0.730. The molecule has 0 spiro atoms. The molecule has 2 heterocycles. The van der Waals surface area contributed by atoms with Gasteiger partial charge in [0.05, 0.1) is 5.75 Å². The lowest BCUT2D eigenvalue weighted by atomic mass is 9.85. The van der Waals surface area contributed by atoms with Crippen LogP contribution >= 0.6 is 23.1 Å². The minimum Gasteiger partial charge on any atom is -0.374 e. The zero-order chi connectivity index (χ0) is 17.9. The van der Waals surface area contributed by atoms with Gasteiger partial charge < -0.3 is 10.6 Å². The van der Waals surface area contributed by atoms with Gasteiger partial charge in [-0.1, -0.05) is 77.7 Å². The number of carbonyl (C=O) groups excluding carboxylic acids is 1. The summed E-state index contributed by atoms with van der Waals surface area (Å²) in [6.45, 7) is 1.34. The van der Waals surface area contributed by atoms with Crippen molar-refractivity contribution in [3.63, 3.8) is 0 Å². The number of benzene rings is 2. The highest BCUT2D eigenvalue weighted by atomic mass is 32.2. The monoisotopic (exact) mass is 382 g/mol. The van der Waals surface area contributed by atoms with Crippen LogP contribution in [0.5, 0.6) is 0 Å². The Bertz CT molecular complexity index is 913. The average molecular weight is 383 g/mol. The maximum Gasteiger partial charge on any atom is 0.233 e. The van der Waals surface area contributed by atoms with Crippen molar-refractivity contribution in [3.05, 3.63) is 71.3 Å². The predicted molar refractivity (Wildman–Crippen MR) is 105 cm³/mol. The summed E-state index contributed by atoms with van der Waals surface area (Å²) in [5.74, 6) is 0.657. The van der Waals surface area contributed by atoms with Crippen LogP contribution in [0.15, 0.2) is 58.9 Å². The standard InChI is InChI=1S/C19H18N4OS2/c20-18-21-22-19(26-18)25-12-17(24)23-10-14-8-4-5-9-15(14)16(11-23)13-6-2-1-3-7-13/h1-9,16H,10-12H2,(H2,20,21)/t16-/m1/s1. The van der Waals surface area contributed by atoms with Gasteiger partial charge in [0.15, 0.2) is 4.34 Å². The first-order chi connectivity index (χ1) is 12.7. The number of anilines is 1. The molecule has 1 aromatic heterocycles. The highest BCUT2D eigenvalue weighted by molar-refractivity contribution is 8.01. The summed E-state index contributed by atoms with van der Waals surface area (Å²) in [5, 5.41) is 8.18. The van der Waals surface area contributed by atoms with Crippen molar-refractivity contribution < 1.29 is 4.79 Å². The molecule has 1 aliphatic rings. The number of carbonyl (C=O) groups is 1. The van der Waals surface area contributed by atoms with E-state index in [0.717, 1.165) is 4.34 Å². The lowest BCUT2D eigenvalue weighted by molar-refractivity contribution is -0.129. The van der Waals surface area contributed by atoms with Gasteiger partial charge in [-0.05, 0) is 16.7 Å². The van der Waals surface area contributed by atoms with Crippen molar-refractivity contribution in [2.75, 3.05) is 18.0 Å². The molecule has 0 unspecified atom stereocenters.